The van der Waals surface area contributed by atoms with E-state index >= 15 is 0 Å². The van der Waals surface area contributed by atoms with Crippen molar-refractivity contribution in [3.8, 4) is 0 Å². The molecule has 0 aromatic heterocycles. The average molecular weight is 524 g/mol. The lowest BCUT2D eigenvalue weighted by Gasteiger charge is -2.45. The minimum Gasteiger partial charge on any atom is -0.379 e. The minimum absolute atomic E-state index is 0.0783. The highest BCUT2D eigenvalue weighted by Gasteiger charge is 2.34. The Bertz CT molecular complexity index is 979. The van der Waals surface area contributed by atoms with E-state index in [1.807, 2.05) is 12.1 Å². The Labute approximate surface area is 215 Å². The first-order chi connectivity index (χ1) is 17.3. The molecule has 2 aromatic rings. The summed E-state index contributed by atoms with van der Waals surface area (Å²) in [5.41, 5.74) is 1.18. The topological polar surface area (TPSA) is 44.8 Å². The van der Waals surface area contributed by atoms with Crippen LogP contribution in [0.3, 0.4) is 0 Å². The summed E-state index contributed by atoms with van der Waals surface area (Å²) in [5, 5.41) is 3.59. The summed E-state index contributed by atoms with van der Waals surface area (Å²) in [5.74, 6) is 0.270. The molecule has 9 heteroatoms. The van der Waals surface area contributed by atoms with Crippen molar-refractivity contribution in [2.24, 2.45) is 5.92 Å². The zero-order valence-electron chi connectivity index (χ0n) is 20.3. The summed E-state index contributed by atoms with van der Waals surface area (Å²) in [7, 11) is 0. The number of carbonyl (C=O) groups excluding carboxylic acids is 1. The van der Waals surface area contributed by atoms with Crippen molar-refractivity contribution in [3.63, 3.8) is 0 Å². The van der Waals surface area contributed by atoms with Crippen molar-refractivity contribution in [2.75, 3.05) is 39.4 Å². The van der Waals surface area contributed by atoms with Crippen LogP contribution in [0.15, 0.2) is 48.5 Å². The summed E-state index contributed by atoms with van der Waals surface area (Å²) in [6, 6.07) is 13.3. The monoisotopic (exact) mass is 523 g/mol. The van der Waals surface area contributed by atoms with Crippen molar-refractivity contribution in [1.82, 2.24) is 15.1 Å². The lowest BCUT2D eigenvalue weighted by Crippen LogP contribution is -2.54. The number of alkyl halides is 3. The quantitative estimate of drug-likeness (QED) is 0.530. The van der Waals surface area contributed by atoms with Crippen molar-refractivity contribution in [3.05, 3.63) is 70.2 Å². The molecule has 5 nitrogen and oxygen atoms in total. The molecule has 0 unspecified atom stereocenters. The summed E-state index contributed by atoms with van der Waals surface area (Å²) in [6.45, 7) is 6.30. The highest BCUT2D eigenvalue weighted by Crippen LogP contribution is 2.30. The predicted octanol–water partition coefficient (Wildman–Crippen LogP) is 4.98. The first-order valence-corrected chi connectivity index (χ1v) is 12.9. The van der Waals surface area contributed by atoms with Gasteiger partial charge in [-0.1, -0.05) is 35.9 Å². The number of halogens is 4. The standard InChI is InChI=1S/C27H33ClF3N3O2/c28-24-8-3-21(4-9-24)18-33-12-11-25(34-13-15-36-16-14-34)22(19-33)5-10-26(35)32-17-20-1-6-23(7-2-20)27(29,30)31/h1-4,6-9,22,25H,5,10-19H2,(H,32,35)/t22-,25+/m1/s1. The van der Waals surface area contributed by atoms with Crippen molar-refractivity contribution in [1.29, 1.82) is 0 Å². The number of likely N-dealkylation sites (tertiary alicyclic amines) is 1. The molecule has 0 saturated carbocycles. The zero-order chi connectivity index (χ0) is 25.5. The van der Waals surface area contributed by atoms with E-state index in [9.17, 15) is 18.0 Å². The van der Waals surface area contributed by atoms with Gasteiger partial charge in [0.05, 0.1) is 18.8 Å². The van der Waals surface area contributed by atoms with Crippen LogP contribution in [0.25, 0.3) is 0 Å². The average Bonchev–Trinajstić information content (AvgIpc) is 2.88. The first kappa shape index (κ1) is 26.9. The van der Waals surface area contributed by atoms with E-state index < -0.39 is 11.7 Å². The van der Waals surface area contributed by atoms with Crippen LogP contribution in [0.5, 0.6) is 0 Å². The number of hydrogen-bond donors (Lipinski definition) is 1. The van der Waals surface area contributed by atoms with Crippen LogP contribution in [0.4, 0.5) is 13.2 Å². The molecule has 36 heavy (non-hydrogen) atoms. The van der Waals surface area contributed by atoms with Gasteiger partial charge in [0.1, 0.15) is 0 Å². The van der Waals surface area contributed by atoms with Gasteiger partial charge in [-0.2, -0.15) is 13.2 Å². The van der Waals surface area contributed by atoms with Gasteiger partial charge < -0.3 is 10.1 Å². The molecule has 1 amide bonds. The van der Waals surface area contributed by atoms with E-state index in [-0.39, 0.29) is 12.5 Å². The number of hydrogen-bond acceptors (Lipinski definition) is 4. The third-order valence-corrected chi connectivity index (χ3v) is 7.38. The van der Waals surface area contributed by atoms with Gasteiger partial charge in [-0.15, -0.1) is 0 Å². The number of amides is 1. The van der Waals surface area contributed by atoms with Gasteiger partial charge in [0, 0.05) is 50.2 Å². The van der Waals surface area contributed by atoms with Crippen LogP contribution >= 0.6 is 11.6 Å². The van der Waals surface area contributed by atoms with Gasteiger partial charge in [0.25, 0.3) is 0 Å². The van der Waals surface area contributed by atoms with Crippen LogP contribution in [-0.4, -0.2) is 61.1 Å². The number of nitrogens with one attached hydrogen (secondary N) is 1. The Morgan fingerprint density at radius 1 is 1.00 bits per heavy atom. The number of morpholine rings is 1. The van der Waals surface area contributed by atoms with Crippen LogP contribution < -0.4 is 5.32 Å². The summed E-state index contributed by atoms with van der Waals surface area (Å²) < 4.78 is 43.8. The van der Waals surface area contributed by atoms with Gasteiger partial charge in [-0.3, -0.25) is 14.6 Å². The largest absolute Gasteiger partial charge is 0.416 e. The summed E-state index contributed by atoms with van der Waals surface area (Å²) in [6.07, 6.45) is -2.16. The smallest absolute Gasteiger partial charge is 0.379 e. The third kappa shape index (κ3) is 7.68. The molecule has 0 aliphatic carbocycles. The molecule has 196 valence electrons. The van der Waals surface area contributed by atoms with Gasteiger partial charge >= 0.3 is 6.18 Å². The molecule has 0 bridgehead atoms. The van der Waals surface area contributed by atoms with Gasteiger partial charge in [0.15, 0.2) is 0 Å². The van der Waals surface area contributed by atoms with Crippen molar-refractivity contribution < 1.29 is 22.7 Å². The van der Waals surface area contributed by atoms with Crippen LogP contribution in [-0.2, 0) is 28.8 Å². The Kier molecular flexibility index (Phi) is 9.28. The van der Waals surface area contributed by atoms with E-state index in [0.29, 0.717) is 23.9 Å². The molecule has 2 aromatic carbocycles. The number of rotatable bonds is 8. The Morgan fingerprint density at radius 2 is 1.67 bits per heavy atom. The summed E-state index contributed by atoms with van der Waals surface area (Å²) >= 11 is 6.03. The second-order valence-electron chi connectivity index (χ2n) is 9.64. The fourth-order valence-corrected chi connectivity index (χ4v) is 5.30. The van der Waals surface area contributed by atoms with Gasteiger partial charge in [0.2, 0.25) is 5.91 Å². The number of carbonyl (C=O) groups is 1. The number of piperidine rings is 1. The van der Waals surface area contributed by atoms with E-state index in [4.69, 9.17) is 16.3 Å². The molecule has 2 aliphatic rings. The van der Waals surface area contributed by atoms with Crippen molar-refractivity contribution >= 4 is 17.5 Å². The normalized spacial score (nSPS) is 21.9. The highest BCUT2D eigenvalue weighted by atomic mass is 35.5. The number of nitrogens with zero attached hydrogens (tertiary/aromatic N) is 2. The number of ether oxygens (including phenoxy) is 1. The molecule has 4 rings (SSSR count). The summed E-state index contributed by atoms with van der Waals surface area (Å²) in [4.78, 5) is 17.6. The maximum atomic E-state index is 12.8. The molecule has 0 spiro atoms. The molecule has 0 radical (unpaired) electrons. The lowest BCUT2D eigenvalue weighted by atomic mass is 9.86. The molecule has 2 atom stereocenters. The Balaban J connectivity index is 1.31. The molecular weight excluding hydrogens is 491 g/mol. The zero-order valence-corrected chi connectivity index (χ0v) is 21.0. The molecular formula is C27H33ClF3N3O2. The molecule has 2 saturated heterocycles. The van der Waals surface area contributed by atoms with Crippen molar-refractivity contribution in [2.45, 2.75) is 44.6 Å². The molecule has 1 N–H and O–H groups in total. The highest BCUT2D eigenvalue weighted by molar-refractivity contribution is 6.30. The van der Waals surface area contributed by atoms with E-state index in [2.05, 4.69) is 27.2 Å². The molecule has 2 aliphatic heterocycles. The number of benzene rings is 2. The molecule has 2 heterocycles. The van der Waals surface area contributed by atoms with Crippen LogP contribution in [0.2, 0.25) is 5.02 Å². The minimum atomic E-state index is -4.36. The second kappa shape index (κ2) is 12.4. The molecule has 2 fully saturated rings. The van der Waals surface area contributed by atoms with Crippen LogP contribution in [0, 0.1) is 5.92 Å². The maximum Gasteiger partial charge on any atom is 0.416 e. The van der Waals surface area contributed by atoms with Crippen LogP contribution in [0.1, 0.15) is 36.0 Å². The fourth-order valence-electron chi connectivity index (χ4n) is 5.18. The maximum absolute atomic E-state index is 12.8. The predicted molar refractivity (Wildman–Crippen MR) is 134 cm³/mol. The van der Waals surface area contributed by atoms with E-state index in [1.165, 1.54) is 17.7 Å². The van der Waals surface area contributed by atoms with Gasteiger partial charge in [-0.05, 0) is 60.7 Å². The van der Waals surface area contributed by atoms with E-state index in [0.717, 1.165) is 75.9 Å². The SMILES string of the molecule is O=C(CC[C@@H]1CN(Cc2ccc(Cl)cc2)CC[C@@H]1N1CCOCC1)NCc1ccc(C(F)(F)F)cc1. The lowest BCUT2D eigenvalue weighted by molar-refractivity contribution is -0.137. The Hall–Kier alpha value is -2.13. The fraction of sp³-hybridized carbons (Fsp3) is 0.519. The second-order valence-corrected chi connectivity index (χ2v) is 10.1. The van der Waals surface area contributed by atoms with E-state index in [1.54, 1.807) is 0 Å². The third-order valence-electron chi connectivity index (χ3n) is 7.13. The first-order valence-electron chi connectivity index (χ1n) is 12.5. The Morgan fingerprint density at radius 3 is 2.33 bits per heavy atom. The van der Waals surface area contributed by atoms with Gasteiger partial charge in [-0.25, -0.2) is 0 Å².